The van der Waals surface area contributed by atoms with E-state index in [0.29, 0.717) is 12.2 Å². The lowest BCUT2D eigenvalue weighted by molar-refractivity contribution is -0.122. The minimum absolute atomic E-state index is 0.0457. The second-order valence-corrected chi connectivity index (χ2v) is 9.40. The Labute approximate surface area is 189 Å². The lowest BCUT2D eigenvalue weighted by atomic mass is 10.0. The van der Waals surface area contributed by atoms with Crippen LogP contribution < -0.4 is 10.1 Å². The Kier molecular flexibility index (Phi) is 7.71. The van der Waals surface area contributed by atoms with Crippen molar-refractivity contribution < 1.29 is 22.4 Å². The van der Waals surface area contributed by atoms with Crippen LogP contribution in [0.5, 0.6) is 5.75 Å². The quantitative estimate of drug-likeness (QED) is 0.497. The summed E-state index contributed by atoms with van der Waals surface area (Å²) < 4.78 is 38.2. The average Bonchev–Trinajstić information content (AvgIpc) is 3.30. The molecule has 1 atom stereocenters. The number of sulfonamides is 1. The maximum atomic E-state index is 13.3. The molecule has 1 unspecified atom stereocenters. The topological polar surface area (TPSA) is 88.9 Å². The third-order valence-electron chi connectivity index (χ3n) is 5.15. The number of aryl methyl sites for hydroxylation is 1. The van der Waals surface area contributed by atoms with Gasteiger partial charge in [-0.15, -0.1) is 0 Å². The zero-order chi connectivity index (χ0) is 23.1. The average molecular weight is 457 g/mol. The first-order valence-electron chi connectivity index (χ1n) is 10.4. The van der Waals surface area contributed by atoms with Crippen molar-refractivity contribution in [3.63, 3.8) is 0 Å². The van der Waals surface area contributed by atoms with Crippen LogP contribution in [0.25, 0.3) is 0 Å². The Balaban J connectivity index is 1.80. The first kappa shape index (κ1) is 23.6. The van der Waals surface area contributed by atoms with Crippen LogP contribution in [0.1, 0.15) is 36.3 Å². The lowest BCUT2D eigenvalue weighted by Crippen LogP contribution is -2.41. The van der Waals surface area contributed by atoms with E-state index in [9.17, 15) is 13.2 Å². The molecule has 0 saturated heterocycles. The van der Waals surface area contributed by atoms with E-state index in [1.807, 2.05) is 38.1 Å². The molecule has 0 aliphatic carbocycles. The summed E-state index contributed by atoms with van der Waals surface area (Å²) in [7, 11) is -2.32. The minimum atomic E-state index is -3.91. The third-order valence-corrected chi connectivity index (χ3v) is 6.96. The van der Waals surface area contributed by atoms with Gasteiger partial charge in [-0.3, -0.25) is 4.79 Å². The molecule has 0 saturated carbocycles. The van der Waals surface area contributed by atoms with Crippen LogP contribution in [-0.2, 0) is 21.4 Å². The summed E-state index contributed by atoms with van der Waals surface area (Å²) in [5.74, 6) is 0.786. The molecule has 8 heteroatoms. The van der Waals surface area contributed by atoms with Crippen molar-refractivity contribution in [2.45, 2.75) is 37.8 Å². The van der Waals surface area contributed by atoms with Gasteiger partial charge in [-0.05, 0) is 55.3 Å². The fourth-order valence-electron chi connectivity index (χ4n) is 3.32. The second kappa shape index (κ2) is 10.5. The minimum Gasteiger partial charge on any atom is -0.497 e. The number of carbonyl (C=O) groups is 1. The summed E-state index contributed by atoms with van der Waals surface area (Å²) in [4.78, 5) is 13.0. The van der Waals surface area contributed by atoms with Crippen LogP contribution >= 0.6 is 0 Å². The van der Waals surface area contributed by atoms with E-state index in [4.69, 9.17) is 9.15 Å². The van der Waals surface area contributed by atoms with Crippen molar-refractivity contribution in [1.29, 1.82) is 0 Å². The monoisotopic (exact) mass is 456 g/mol. The number of nitrogens with zero attached hydrogens (tertiary/aromatic N) is 1. The summed E-state index contributed by atoms with van der Waals surface area (Å²) in [5, 5.41) is 2.95. The number of carbonyl (C=O) groups excluding carboxylic acids is 1. The van der Waals surface area contributed by atoms with Gasteiger partial charge in [0.05, 0.1) is 37.4 Å². The number of amides is 1. The van der Waals surface area contributed by atoms with Crippen LogP contribution in [0.2, 0.25) is 0 Å². The molecule has 1 amide bonds. The Morgan fingerprint density at radius 2 is 1.78 bits per heavy atom. The highest BCUT2D eigenvalue weighted by molar-refractivity contribution is 7.89. The van der Waals surface area contributed by atoms with Gasteiger partial charge in [0.2, 0.25) is 15.9 Å². The highest BCUT2D eigenvalue weighted by Gasteiger charge is 2.28. The Hall–Kier alpha value is -3.10. The van der Waals surface area contributed by atoms with Crippen LogP contribution in [0.4, 0.5) is 0 Å². The van der Waals surface area contributed by atoms with E-state index in [2.05, 4.69) is 5.32 Å². The summed E-state index contributed by atoms with van der Waals surface area (Å²) >= 11 is 0. The van der Waals surface area contributed by atoms with Gasteiger partial charge in [0, 0.05) is 0 Å². The van der Waals surface area contributed by atoms with Crippen molar-refractivity contribution in [2.24, 2.45) is 0 Å². The van der Waals surface area contributed by atoms with Crippen molar-refractivity contribution in [2.75, 3.05) is 13.7 Å². The molecule has 0 fully saturated rings. The first-order chi connectivity index (χ1) is 15.3. The molecule has 2 aromatic carbocycles. The molecular weight excluding hydrogens is 428 g/mol. The maximum Gasteiger partial charge on any atom is 0.243 e. The number of hydrogen-bond donors (Lipinski definition) is 1. The van der Waals surface area contributed by atoms with Gasteiger partial charge in [0.1, 0.15) is 11.5 Å². The van der Waals surface area contributed by atoms with Crippen LogP contribution in [0, 0.1) is 6.92 Å². The molecule has 0 aliphatic rings. The molecule has 3 aromatic rings. The number of rotatable bonds is 10. The van der Waals surface area contributed by atoms with Crippen molar-refractivity contribution in [3.05, 3.63) is 83.8 Å². The summed E-state index contributed by atoms with van der Waals surface area (Å²) in [6.45, 7) is 3.47. The van der Waals surface area contributed by atoms with Gasteiger partial charge in [0.15, 0.2) is 0 Å². The molecule has 170 valence electrons. The largest absolute Gasteiger partial charge is 0.497 e. The lowest BCUT2D eigenvalue weighted by Gasteiger charge is -2.23. The molecule has 7 nitrogen and oxygen atoms in total. The van der Waals surface area contributed by atoms with Crippen LogP contribution in [0.3, 0.4) is 0 Å². The predicted molar refractivity (Wildman–Crippen MR) is 122 cm³/mol. The standard InChI is InChI=1S/C24H28N2O5S/c1-4-23(19-9-11-20(30-3)12-10-19)25-24(27)17-26(16-21-6-5-15-31-21)32(28,29)22-13-7-18(2)8-14-22/h5-15,23H,4,16-17H2,1-3H3,(H,25,27). The van der Waals surface area contributed by atoms with Gasteiger partial charge >= 0.3 is 0 Å². The molecule has 1 heterocycles. The predicted octanol–water partition coefficient (Wildman–Crippen LogP) is 4.06. The molecule has 0 bridgehead atoms. The Morgan fingerprint density at radius 1 is 1.09 bits per heavy atom. The van der Waals surface area contributed by atoms with Crippen molar-refractivity contribution in [1.82, 2.24) is 9.62 Å². The highest BCUT2D eigenvalue weighted by Crippen LogP contribution is 2.22. The van der Waals surface area contributed by atoms with Crippen LogP contribution in [-0.4, -0.2) is 32.3 Å². The zero-order valence-corrected chi connectivity index (χ0v) is 19.3. The van der Waals surface area contributed by atoms with E-state index in [0.717, 1.165) is 21.2 Å². The number of benzene rings is 2. The third kappa shape index (κ3) is 5.77. The van der Waals surface area contributed by atoms with Gasteiger partial charge in [-0.1, -0.05) is 36.8 Å². The molecule has 32 heavy (non-hydrogen) atoms. The van der Waals surface area contributed by atoms with E-state index in [-0.39, 0.29) is 24.0 Å². The number of ether oxygens (including phenoxy) is 1. The van der Waals surface area contributed by atoms with E-state index < -0.39 is 15.9 Å². The Bertz CT molecular complexity index is 1110. The fraction of sp³-hybridized carbons (Fsp3) is 0.292. The summed E-state index contributed by atoms with van der Waals surface area (Å²) in [5.41, 5.74) is 1.87. The van der Waals surface area contributed by atoms with Gasteiger partial charge in [-0.2, -0.15) is 4.31 Å². The summed E-state index contributed by atoms with van der Waals surface area (Å²) in [6.07, 6.45) is 2.13. The number of furan rings is 1. The zero-order valence-electron chi connectivity index (χ0n) is 18.4. The molecule has 1 aromatic heterocycles. The van der Waals surface area contributed by atoms with E-state index in [1.165, 1.54) is 6.26 Å². The highest BCUT2D eigenvalue weighted by atomic mass is 32.2. The number of methoxy groups -OCH3 is 1. The molecule has 1 N–H and O–H groups in total. The van der Waals surface area contributed by atoms with Gasteiger partial charge in [-0.25, -0.2) is 8.42 Å². The van der Waals surface area contributed by atoms with Crippen LogP contribution in [0.15, 0.2) is 76.2 Å². The van der Waals surface area contributed by atoms with Crippen molar-refractivity contribution >= 4 is 15.9 Å². The van der Waals surface area contributed by atoms with E-state index >= 15 is 0 Å². The second-order valence-electron chi connectivity index (χ2n) is 7.47. The maximum absolute atomic E-state index is 13.3. The molecule has 0 aliphatic heterocycles. The number of hydrogen-bond acceptors (Lipinski definition) is 5. The summed E-state index contributed by atoms with van der Waals surface area (Å²) in [6, 6.07) is 17.1. The molecule has 0 spiro atoms. The Morgan fingerprint density at radius 3 is 2.34 bits per heavy atom. The van der Waals surface area contributed by atoms with Gasteiger partial charge < -0.3 is 14.5 Å². The fourth-order valence-corrected chi connectivity index (χ4v) is 4.68. The van der Waals surface area contributed by atoms with E-state index in [1.54, 1.807) is 43.5 Å². The number of nitrogens with one attached hydrogen (secondary N) is 1. The molecular formula is C24H28N2O5S. The van der Waals surface area contributed by atoms with Crippen molar-refractivity contribution in [3.8, 4) is 5.75 Å². The molecule has 0 radical (unpaired) electrons. The SMILES string of the molecule is CCC(NC(=O)CN(Cc1ccco1)S(=O)(=O)c1ccc(C)cc1)c1ccc(OC)cc1. The molecule has 3 rings (SSSR count). The van der Waals surface area contributed by atoms with Gasteiger partial charge in [0.25, 0.3) is 0 Å². The normalized spacial score (nSPS) is 12.5. The smallest absolute Gasteiger partial charge is 0.243 e. The first-order valence-corrected chi connectivity index (χ1v) is 11.8.